The van der Waals surface area contributed by atoms with Gasteiger partial charge < -0.3 is 15.2 Å². The molecule has 0 heterocycles. The lowest BCUT2D eigenvalue weighted by molar-refractivity contribution is -0.114. The van der Waals surface area contributed by atoms with E-state index in [2.05, 4.69) is 18.2 Å². The highest BCUT2D eigenvalue weighted by Gasteiger charge is 2.48. The summed E-state index contributed by atoms with van der Waals surface area (Å²) in [5.74, 6) is 0.283. The van der Waals surface area contributed by atoms with Gasteiger partial charge in [-0.3, -0.25) is 9.69 Å². The molecule has 154 valence electrons. The van der Waals surface area contributed by atoms with Crippen molar-refractivity contribution in [3.8, 4) is 0 Å². The minimum Gasteiger partial charge on any atom is -0.385 e. The molecule has 2 N–H and O–H groups in total. The van der Waals surface area contributed by atoms with Gasteiger partial charge in [0.15, 0.2) is 5.96 Å². The van der Waals surface area contributed by atoms with Gasteiger partial charge in [-0.1, -0.05) is 18.2 Å². The number of aryl methyl sites for hydroxylation is 1. The highest BCUT2D eigenvalue weighted by molar-refractivity contribution is 5.87. The molecule has 0 aromatic heterocycles. The monoisotopic (exact) mass is 387 g/mol. The summed E-state index contributed by atoms with van der Waals surface area (Å²) in [5.41, 5.74) is 10.2. The zero-order chi connectivity index (χ0) is 20.1. The van der Waals surface area contributed by atoms with Gasteiger partial charge >= 0.3 is 0 Å². The van der Waals surface area contributed by atoms with Gasteiger partial charge in [0.05, 0.1) is 12.1 Å². The molecule has 6 heteroatoms. The zero-order valence-electron chi connectivity index (χ0n) is 17.3. The third-order valence-electron chi connectivity index (χ3n) is 6.48. The quantitative estimate of drug-likeness (QED) is 0.338. The first kappa shape index (κ1) is 20.8. The Bertz CT molecular complexity index is 711. The number of aliphatic imine (C=N–C) groups is 1. The molecule has 0 aliphatic heterocycles. The summed E-state index contributed by atoms with van der Waals surface area (Å²) in [7, 11) is 5.18. The number of benzene rings is 1. The van der Waals surface area contributed by atoms with Crippen LogP contribution in [0.4, 0.5) is 0 Å². The lowest BCUT2D eigenvalue weighted by Gasteiger charge is -2.40. The molecule has 1 saturated carbocycles. The third-order valence-corrected chi connectivity index (χ3v) is 6.48. The molecule has 1 unspecified atom stereocenters. The van der Waals surface area contributed by atoms with Crippen molar-refractivity contribution in [1.82, 2.24) is 4.90 Å². The van der Waals surface area contributed by atoms with Crippen LogP contribution >= 0.6 is 0 Å². The Morgan fingerprint density at radius 2 is 2.11 bits per heavy atom. The van der Waals surface area contributed by atoms with Crippen molar-refractivity contribution in [3.05, 3.63) is 34.9 Å². The maximum absolute atomic E-state index is 11.2. The summed E-state index contributed by atoms with van der Waals surface area (Å²) in [6.07, 6.45) is 8.25. The number of nitrogens with two attached hydrogens (primary N) is 1. The van der Waals surface area contributed by atoms with E-state index < -0.39 is 0 Å². The Labute approximate surface area is 168 Å². The number of carbonyl (C=O) groups is 1. The predicted octanol–water partition coefficient (Wildman–Crippen LogP) is 2.84. The van der Waals surface area contributed by atoms with Crippen molar-refractivity contribution in [2.75, 3.05) is 27.9 Å². The zero-order valence-corrected chi connectivity index (χ0v) is 17.3. The topological polar surface area (TPSA) is 77.2 Å². The Balaban J connectivity index is 1.92. The number of methoxy groups -OCH3 is 2. The van der Waals surface area contributed by atoms with E-state index in [9.17, 15) is 4.79 Å². The first-order valence-corrected chi connectivity index (χ1v) is 10.2. The van der Waals surface area contributed by atoms with E-state index >= 15 is 0 Å². The number of hydrogen-bond acceptors (Lipinski definition) is 4. The lowest BCUT2D eigenvalue weighted by atomic mass is 9.68. The van der Waals surface area contributed by atoms with E-state index in [0.717, 1.165) is 51.6 Å². The van der Waals surface area contributed by atoms with Crippen LogP contribution in [0.2, 0.25) is 0 Å². The molecule has 2 aliphatic rings. The molecule has 1 atom stereocenters. The number of nitrogens with zero attached hydrogens (tertiary/aromatic N) is 2. The van der Waals surface area contributed by atoms with Crippen LogP contribution in [0.25, 0.3) is 0 Å². The predicted molar refractivity (Wildman–Crippen MR) is 110 cm³/mol. The van der Waals surface area contributed by atoms with Crippen molar-refractivity contribution < 1.29 is 14.3 Å². The summed E-state index contributed by atoms with van der Waals surface area (Å²) < 4.78 is 10.8. The number of fused-ring (bicyclic) bond motifs is 1. The molecular formula is C22H33N3O3. The molecule has 1 fully saturated rings. The van der Waals surface area contributed by atoms with Crippen LogP contribution in [0.3, 0.4) is 0 Å². The molecule has 3 rings (SSSR count). The second-order valence-corrected chi connectivity index (χ2v) is 8.21. The minimum absolute atomic E-state index is 0.00918. The fourth-order valence-electron chi connectivity index (χ4n) is 4.78. The summed E-state index contributed by atoms with van der Waals surface area (Å²) in [5, 5.41) is 0. The average molecular weight is 388 g/mol. The van der Waals surface area contributed by atoms with Gasteiger partial charge in [0, 0.05) is 33.3 Å². The number of rotatable bonds is 7. The fourth-order valence-corrected chi connectivity index (χ4v) is 4.78. The largest absolute Gasteiger partial charge is 0.385 e. The maximum atomic E-state index is 11.2. The Morgan fingerprint density at radius 3 is 2.75 bits per heavy atom. The van der Waals surface area contributed by atoms with Crippen LogP contribution in [0.15, 0.2) is 23.2 Å². The van der Waals surface area contributed by atoms with E-state index in [-0.39, 0.29) is 17.4 Å². The first-order valence-electron chi connectivity index (χ1n) is 10.2. The number of guanidine groups is 1. The van der Waals surface area contributed by atoms with E-state index in [4.69, 9.17) is 20.2 Å². The summed E-state index contributed by atoms with van der Waals surface area (Å²) >= 11 is 0. The first-order chi connectivity index (χ1) is 13.5. The Morgan fingerprint density at radius 1 is 1.36 bits per heavy atom. The normalized spacial score (nSPS) is 27.0. The van der Waals surface area contributed by atoms with Crippen molar-refractivity contribution in [2.45, 2.75) is 57.1 Å². The SMILES string of the molecule is COCCCc1ccc2c(c1)C(/N=C(/N)N(C)C=O)C1(CCC(OC)CC1)C2. The van der Waals surface area contributed by atoms with Gasteiger partial charge in [0.25, 0.3) is 0 Å². The molecule has 0 saturated heterocycles. The van der Waals surface area contributed by atoms with Crippen LogP contribution in [-0.2, 0) is 27.1 Å². The average Bonchev–Trinajstić information content (AvgIpc) is 3.00. The Kier molecular flexibility index (Phi) is 6.73. The van der Waals surface area contributed by atoms with Crippen LogP contribution in [0.1, 0.15) is 54.8 Å². The molecule has 1 amide bonds. The summed E-state index contributed by atoms with van der Waals surface area (Å²) in [4.78, 5) is 17.4. The van der Waals surface area contributed by atoms with E-state index in [1.807, 2.05) is 0 Å². The van der Waals surface area contributed by atoms with E-state index in [1.165, 1.54) is 21.6 Å². The van der Waals surface area contributed by atoms with Crippen LogP contribution in [0.5, 0.6) is 0 Å². The van der Waals surface area contributed by atoms with Gasteiger partial charge in [0.2, 0.25) is 6.41 Å². The van der Waals surface area contributed by atoms with Gasteiger partial charge in [0.1, 0.15) is 0 Å². The second kappa shape index (κ2) is 9.05. The second-order valence-electron chi connectivity index (χ2n) is 8.21. The van der Waals surface area contributed by atoms with Gasteiger partial charge in [-0.05, 0) is 61.6 Å². The van der Waals surface area contributed by atoms with Crippen LogP contribution in [-0.4, -0.2) is 51.2 Å². The number of hydrogen-bond donors (Lipinski definition) is 1. The summed E-state index contributed by atoms with van der Waals surface area (Å²) in [6, 6.07) is 6.78. The molecular weight excluding hydrogens is 354 g/mol. The summed E-state index contributed by atoms with van der Waals surface area (Å²) in [6.45, 7) is 0.762. The highest BCUT2D eigenvalue weighted by atomic mass is 16.5. The van der Waals surface area contributed by atoms with Crippen molar-refractivity contribution in [1.29, 1.82) is 0 Å². The number of ether oxygens (including phenoxy) is 2. The van der Waals surface area contributed by atoms with Gasteiger partial charge in [-0.2, -0.15) is 0 Å². The van der Waals surface area contributed by atoms with Crippen LogP contribution < -0.4 is 5.73 Å². The molecule has 0 bridgehead atoms. The standard InChI is InChI=1S/C22H33N3O3/c1-25(15-26)21(23)24-20-19-13-16(5-4-12-27-2)6-7-17(19)14-22(20)10-8-18(28-3)9-11-22/h6-7,13,15,18,20H,4-5,8-12,14H2,1-3H3,(H2,23,24). The fraction of sp³-hybridized carbons (Fsp3) is 0.636. The molecule has 2 aliphatic carbocycles. The number of amides is 1. The smallest absolute Gasteiger partial charge is 0.216 e. The molecule has 1 aromatic carbocycles. The molecule has 0 radical (unpaired) electrons. The Hall–Kier alpha value is -1.92. The molecule has 1 spiro atoms. The van der Waals surface area contributed by atoms with Gasteiger partial charge in [-0.25, -0.2) is 4.99 Å². The van der Waals surface area contributed by atoms with E-state index in [1.54, 1.807) is 21.3 Å². The van der Waals surface area contributed by atoms with Gasteiger partial charge in [-0.15, -0.1) is 0 Å². The van der Waals surface area contributed by atoms with Crippen molar-refractivity contribution >= 4 is 12.4 Å². The van der Waals surface area contributed by atoms with E-state index in [0.29, 0.717) is 12.5 Å². The number of carbonyl (C=O) groups excluding carboxylic acids is 1. The van der Waals surface area contributed by atoms with Crippen molar-refractivity contribution in [2.24, 2.45) is 16.1 Å². The third kappa shape index (κ3) is 4.23. The molecule has 28 heavy (non-hydrogen) atoms. The molecule has 1 aromatic rings. The lowest BCUT2D eigenvalue weighted by Crippen LogP contribution is -2.37. The highest BCUT2D eigenvalue weighted by Crippen LogP contribution is 2.56. The minimum atomic E-state index is -0.00918. The van der Waals surface area contributed by atoms with Crippen molar-refractivity contribution in [3.63, 3.8) is 0 Å². The molecule has 6 nitrogen and oxygen atoms in total. The maximum Gasteiger partial charge on any atom is 0.216 e. The van der Waals surface area contributed by atoms with Crippen LogP contribution in [0, 0.1) is 5.41 Å².